The molecule has 0 bridgehead atoms. The quantitative estimate of drug-likeness (QED) is 0.809. The van der Waals surface area contributed by atoms with Crippen molar-refractivity contribution in [2.45, 2.75) is 0 Å². The minimum Gasteiger partial charge on any atom is -0.332 e. The second-order valence-electron chi connectivity index (χ2n) is 3.92. The smallest absolute Gasteiger partial charge is 0.257 e. The third-order valence-electron chi connectivity index (χ3n) is 2.44. The topological polar surface area (TPSA) is 41.1 Å². The second-order valence-corrected chi connectivity index (χ2v) is 5.25. The van der Waals surface area contributed by atoms with Gasteiger partial charge in [0.25, 0.3) is 5.91 Å². The number of anilines is 1. The minimum absolute atomic E-state index is 0.157. The highest BCUT2D eigenvalue weighted by Gasteiger charge is 2.07. The molecule has 2 aromatic rings. The third-order valence-corrected chi connectivity index (χ3v) is 3.17. The Hall–Kier alpha value is -1.79. The van der Waals surface area contributed by atoms with Crippen molar-refractivity contribution in [2.24, 2.45) is 0 Å². The molecule has 2 rings (SSSR count). The largest absolute Gasteiger partial charge is 0.332 e. The Morgan fingerprint density at radius 1 is 1.05 bits per heavy atom. The summed E-state index contributed by atoms with van der Waals surface area (Å²) < 4.78 is 13.6. The zero-order valence-corrected chi connectivity index (χ0v) is 12.6. The van der Waals surface area contributed by atoms with Crippen molar-refractivity contribution < 1.29 is 9.18 Å². The normalized spacial score (nSPS) is 9.90. The molecule has 0 unspecified atom stereocenters. The monoisotopic (exact) mass is 352 g/mol. The van der Waals surface area contributed by atoms with Gasteiger partial charge in [0.05, 0.1) is 0 Å². The van der Waals surface area contributed by atoms with Gasteiger partial charge in [-0.05, 0) is 60.7 Å². The number of hydrogen-bond donors (Lipinski definition) is 2. The molecule has 0 spiro atoms. The fraction of sp³-hybridized carbons (Fsp3) is 0. The Labute approximate surface area is 129 Å². The molecule has 0 aromatic heterocycles. The molecule has 0 atom stereocenters. The fourth-order valence-corrected chi connectivity index (χ4v) is 1.95. The van der Waals surface area contributed by atoms with Gasteiger partial charge in [0.1, 0.15) is 5.82 Å². The maximum absolute atomic E-state index is 12.8. The van der Waals surface area contributed by atoms with E-state index in [2.05, 4.69) is 26.6 Å². The van der Waals surface area contributed by atoms with E-state index in [9.17, 15) is 9.18 Å². The van der Waals surface area contributed by atoms with Gasteiger partial charge in [0.2, 0.25) is 0 Å². The highest BCUT2D eigenvalue weighted by molar-refractivity contribution is 9.10. The van der Waals surface area contributed by atoms with E-state index < -0.39 is 0 Å². The molecule has 0 radical (unpaired) electrons. The van der Waals surface area contributed by atoms with Crippen LogP contribution in [0.5, 0.6) is 0 Å². The van der Waals surface area contributed by atoms with E-state index >= 15 is 0 Å². The Balaban J connectivity index is 1.95. The SMILES string of the molecule is O=C(NC(=S)Nc1ccc(F)cc1)c1ccc(Br)cc1. The van der Waals surface area contributed by atoms with Gasteiger partial charge in [-0.15, -0.1) is 0 Å². The molecule has 20 heavy (non-hydrogen) atoms. The molecule has 3 nitrogen and oxygen atoms in total. The number of nitrogens with one attached hydrogen (secondary N) is 2. The van der Waals surface area contributed by atoms with Crippen molar-refractivity contribution in [3.63, 3.8) is 0 Å². The van der Waals surface area contributed by atoms with Gasteiger partial charge < -0.3 is 5.32 Å². The summed E-state index contributed by atoms with van der Waals surface area (Å²) in [5.74, 6) is -0.641. The first-order valence-electron chi connectivity index (χ1n) is 5.68. The Bertz CT molecular complexity index is 629. The summed E-state index contributed by atoms with van der Waals surface area (Å²) in [4.78, 5) is 11.9. The minimum atomic E-state index is -0.333. The average molecular weight is 353 g/mol. The van der Waals surface area contributed by atoms with Crippen molar-refractivity contribution in [2.75, 3.05) is 5.32 Å². The molecule has 6 heteroatoms. The Morgan fingerprint density at radius 2 is 1.65 bits per heavy atom. The van der Waals surface area contributed by atoms with Gasteiger partial charge in [-0.25, -0.2) is 4.39 Å². The lowest BCUT2D eigenvalue weighted by atomic mass is 10.2. The van der Waals surface area contributed by atoms with Crippen molar-refractivity contribution in [1.82, 2.24) is 5.32 Å². The van der Waals surface area contributed by atoms with Gasteiger partial charge in [-0.3, -0.25) is 10.1 Å². The molecule has 0 aliphatic carbocycles. The predicted octanol–water partition coefficient (Wildman–Crippen LogP) is 3.72. The highest BCUT2D eigenvalue weighted by Crippen LogP contribution is 2.11. The Kier molecular flexibility index (Phi) is 4.81. The van der Waals surface area contributed by atoms with Crippen LogP contribution >= 0.6 is 28.1 Å². The summed E-state index contributed by atoms with van der Waals surface area (Å²) in [5.41, 5.74) is 1.10. The van der Waals surface area contributed by atoms with Gasteiger partial charge >= 0.3 is 0 Å². The number of rotatable bonds is 2. The number of hydrogen-bond acceptors (Lipinski definition) is 2. The van der Waals surface area contributed by atoms with Crippen LogP contribution in [0.25, 0.3) is 0 Å². The molecular weight excluding hydrogens is 343 g/mol. The van der Waals surface area contributed by atoms with E-state index in [0.717, 1.165) is 4.47 Å². The number of amides is 1. The molecule has 0 aliphatic heterocycles. The van der Waals surface area contributed by atoms with E-state index in [0.29, 0.717) is 11.3 Å². The maximum Gasteiger partial charge on any atom is 0.257 e. The summed E-state index contributed by atoms with van der Waals surface area (Å²) in [6.45, 7) is 0. The van der Waals surface area contributed by atoms with Crippen LogP contribution in [0.4, 0.5) is 10.1 Å². The lowest BCUT2D eigenvalue weighted by Crippen LogP contribution is -2.34. The third kappa shape index (κ3) is 4.11. The number of carbonyl (C=O) groups is 1. The number of benzene rings is 2. The number of carbonyl (C=O) groups excluding carboxylic acids is 1. The molecule has 0 fully saturated rings. The second kappa shape index (κ2) is 6.58. The first kappa shape index (κ1) is 14.6. The summed E-state index contributed by atoms with van der Waals surface area (Å²) in [6, 6.07) is 12.6. The van der Waals surface area contributed by atoms with Gasteiger partial charge in [0.15, 0.2) is 5.11 Å². The number of halogens is 2. The first-order chi connectivity index (χ1) is 9.54. The molecule has 2 N–H and O–H groups in total. The predicted molar refractivity (Wildman–Crippen MR) is 84.2 cm³/mol. The van der Waals surface area contributed by atoms with Gasteiger partial charge in [-0.2, -0.15) is 0 Å². The van der Waals surface area contributed by atoms with Crippen LogP contribution in [0.3, 0.4) is 0 Å². The van der Waals surface area contributed by atoms with Crippen LogP contribution in [0, 0.1) is 5.82 Å². The summed E-state index contributed by atoms with van der Waals surface area (Å²) in [7, 11) is 0. The van der Waals surface area contributed by atoms with E-state index in [-0.39, 0.29) is 16.8 Å². The lowest BCUT2D eigenvalue weighted by molar-refractivity contribution is 0.0977. The molecule has 0 saturated heterocycles. The molecule has 1 amide bonds. The van der Waals surface area contributed by atoms with E-state index in [1.54, 1.807) is 24.3 Å². The molecular formula is C14H10BrFN2OS. The first-order valence-corrected chi connectivity index (χ1v) is 6.88. The van der Waals surface area contributed by atoms with Crippen molar-refractivity contribution in [1.29, 1.82) is 0 Å². The van der Waals surface area contributed by atoms with Crippen LogP contribution in [-0.4, -0.2) is 11.0 Å². The Morgan fingerprint density at radius 3 is 2.25 bits per heavy atom. The molecule has 0 saturated carbocycles. The average Bonchev–Trinajstić information content (AvgIpc) is 2.42. The number of thiocarbonyl (C=S) groups is 1. The summed E-state index contributed by atoms with van der Waals surface area (Å²) in [6.07, 6.45) is 0. The highest BCUT2D eigenvalue weighted by atomic mass is 79.9. The maximum atomic E-state index is 12.8. The lowest BCUT2D eigenvalue weighted by Gasteiger charge is -2.09. The fourth-order valence-electron chi connectivity index (χ4n) is 1.47. The van der Waals surface area contributed by atoms with E-state index in [4.69, 9.17) is 12.2 Å². The van der Waals surface area contributed by atoms with E-state index in [1.807, 2.05) is 0 Å². The van der Waals surface area contributed by atoms with E-state index in [1.165, 1.54) is 24.3 Å². The van der Waals surface area contributed by atoms with Crippen LogP contribution in [0.2, 0.25) is 0 Å². The van der Waals surface area contributed by atoms with Crippen molar-refractivity contribution in [3.8, 4) is 0 Å². The van der Waals surface area contributed by atoms with Gasteiger partial charge in [-0.1, -0.05) is 15.9 Å². The van der Waals surface area contributed by atoms with Crippen molar-refractivity contribution >= 4 is 44.9 Å². The summed E-state index contributed by atoms with van der Waals surface area (Å²) >= 11 is 8.32. The van der Waals surface area contributed by atoms with Crippen molar-refractivity contribution in [3.05, 3.63) is 64.4 Å². The molecule has 102 valence electrons. The van der Waals surface area contributed by atoms with Crippen LogP contribution < -0.4 is 10.6 Å². The molecule has 0 aliphatic rings. The standard InChI is InChI=1S/C14H10BrFN2OS/c15-10-3-1-9(2-4-10)13(19)18-14(20)17-12-7-5-11(16)6-8-12/h1-8H,(H2,17,18,19,20). The van der Waals surface area contributed by atoms with Crippen LogP contribution in [0.15, 0.2) is 53.0 Å². The van der Waals surface area contributed by atoms with Gasteiger partial charge in [0, 0.05) is 15.7 Å². The summed E-state index contributed by atoms with van der Waals surface area (Å²) in [5, 5.41) is 5.51. The molecule has 2 aromatic carbocycles. The van der Waals surface area contributed by atoms with Crippen LogP contribution in [-0.2, 0) is 0 Å². The molecule has 0 heterocycles. The zero-order chi connectivity index (χ0) is 14.5. The zero-order valence-electron chi connectivity index (χ0n) is 10.2. The van der Waals surface area contributed by atoms with Crippen LogP contribution in [0.1, 0.15) is 10.4 Å².